The average Bonchev–Trinajstić information content (AvgIpc) is 2.25. The number of ether oxygens (including phenoxy) is 1. The van der Waals surface area contributed by atoms with Gasteiger partial charge < -0.3 is 4.74 Å². The van der Waals surface area contributed by atoms with Crippen molar-refractivity contribution in [3.05, 3.63) is 36.4 Å². The van der Waals surface area contributed by atoms with E-state index in [9.17, 15) is 8.42 Å². The number of hydrogen-bond acceptors (Lipinski definition) is 3. The first-order valence-electron chi connectivity index (χ1n) is 4.77. The Labute approximate surface area is 100 Å². The summed E-state index contributed by atoms with van der Waals surface area (Å²) in [5, 5.41) is 0. The smallest absolute Gasteiger partial charge is 0.261 e. The van der Waals surface area contributed by atoms with E-state index in [4.69, 9.17) is 15.4 Å². The van der Waals surface area contributed by atoms with Crippen LogP contribution in [0.3, 0.4) is 0 Å². The molecule has 0 bridgehead atoms. The molecular formula is C11H13ClO3S. The first-order valence-corrected chi connectivity index (χ1v) is 7.08. The van der Waals surface area contributed by atoms with Crippen LogP contribution in [0.5, 0.6) is 5.75 Å². The third kappa shape index (κ3) is 3.87. The van der Waals surface area contributed by atoms with Crippen LogP contribution in [0.15, 0.2) is 41.3 Å². The van der Waals surface area contributed by atoms with Crippen molar-refractivity contribution < 1.29 is 13.2 Å². The fourth-order valence-corrected chi connectivity index (χ4v) is 1.76. The molecule has 0 atom stereocenters. The van der Waals surface area contributed by atoms with Gasteiger partial charge in [0.1, 0.15) is 12.4 Å². The number of hydrogen-bond donors (Lipinski definition) is 0. The molecule has 0 saturated heterocycles. The van der Waals surface area contributed by atoms with E-state index in [1.165, 1.54) is 12.1 Å². The van der Waals surface area contributed by atoms with Crippen molar-refractivity contribution >= 4 is 19.7 Å². The topological polar surface area (TPSA) is 43.4 Å². The van der Waals surface area contributed by atoms with E-state index < -0.39 is 9.05 Å². The summed E-state index contributed by atoms with van der Waals surface area (Å²) in [6.45, 7) is 6.23. The van der Waals surface area contributed by atoms with Gasteiger partial charge in [0.25, 0.3) is 9.05 Å². The van der Waals surface area contributed by atoms with Crippen molar-refractivity contribution in [2.24, 2.45) is 0 Å². The van der Waals surface area contributed by atoms with Gasteiger partial charge in [0, 0.05) is 10.7 Å². The molecule has 0 N–H and O–H groups in total. The summed E-state index contributed by atoms with van der Waals surface area (Å²) in [5.74, 6) is 0.596. The van der Waals surface area contributed by atoms with Crippen LogP contribution < -0.4 is 4.74 Å². The lowest BCUT2D eigenvalue weighted by molar-refractivity contribution is 0.349. The summed E-state index contributed by atoms with van der Waals surface area (Å²) in [5.41, 5.74) is 0.981. The fraction of sp³-hybridized carbons (Fsp3) is 0.273. The second kappa shape index (κ2) is 5.37. The Hall–Kier alpha value is -1.00. The molecule has 0 aliphatic heterocycles. The third-order valence-electron chi connectivity index (χ3n) is 2.05. The highest BCUT2D eigenvalue weighted by Crippen LogP contribution is 2.19. The first kappa shape index (κ1) is 13.1. The van der Waals surface area contributed by atoms with E-state index in [0.717, 1.165) is 12.0 Å². The van der Waals surface area contributed by atoms with Crippen molar-refractivity contribution in [3.63, 3.8) is 0 Å². The number of halogens is 1. The van der Waals surface area contributed by atoms with Gasteiger partial charge in [-0.3, -0.25) is 0 Å². The zero-order valence-corrected chi connectivity index (χ0v) is 10.5. The predicted octanol–water partition coefficient (Wildman–Crippen LogP) is 2.96. The monoisotopic (exact) mass is 260 g/mol. The van der Waals surface area contributed by atoms with Crippen LogP contribution in [0.1, 0.15) is 13.3 Å². The van der Waals surface area contributed by atoms with Crippen molar-refractivity contribution in [2.75, 3.05) is 6.61 Å². The molecule has 16 heavy (non-hydrogen) atoms. The molecular weight excluding hydrogens is 248 g/mol. The summed E-state index contributed by atoms with van der Waals surface area (Å²) in [6.07, 6.45) is 0.855. The number of benzene rings is 1. The van der Waals surface area contributed by atoms with Crippen LogP contribution in [0.4, 0.5) is 0 Å². The molecule has 0 fully saturated rings. The second-order valence-corrected chi connectivity index (χ2v) is 5.87. The maximum absolute atomic E-state index is 11.0. The Morgan fingerprint density at radius 3 is 2.38 bits per heavy atom. The zero-order valence-electron chi connectivity index (χ0n) is 8.94. The van der Waals surface area contributed by atoms with E-state index in [2.05, 4.69) is 6.58 Å². The Morgan fingerprint density at radius 1 is 1.38 bits per heavy atom. The lowest BCUT2D eigenvalue weighted by atomic mass is 10.2. The van der Waals surface area contributed by atoms with Gasteiger partial charge in [-0.05, 0) is 36.3 Å². The highest BCUT2D eigenvalue weighted by Gasteiger charge is 2.09. The average molecular weight is 261 g/mol. The van der Waals surface area contributed by atoms with Crippen LogP contribution >= 0.6 is 10.7 Å². The summed E-state index contributed by atoms with van der Waals surface area (Å²) in [6, 6.07) is 5.95. The standard InChI is InChI=1S/C11H13ClO3S/c1-3-9(2)8-15-10-4-6-11(7-5-10)16(12,13)14/h4-7H,2-3,8H2,1H3. The van der Waals surface area contributed by atoms with Gasteiger partial charge in [-0.1, -0.05) is 13.5 Å². The summed E-state index contributed by atoms with van der Waals surface area (Å²) in [7, 11) is 1.52. The minimum atomic E-state index is -3.66. The van der Waals surface area contributed by atoms with Gasteiger partial charge in [0.05, 0.1) is 4.90 Å². The molecule has 1 aromatic carbocycles. The summed E-state index contributed by atoms with van der Waals surface area (Å²) >= 11 is 0. The predicted molar refractivity (Wildman–Crippen MR) is 64.4 cm³/mol. The Balaban J connectivity index is 2.69. The van der Waals surface area contributed by atoms with Gasteiger partial charge in [-0.2, -0.15) is 0 Å². The van der Waals surface area contributed by atoms with E-state index >= 15 is 0 Å². The third-order valence-corrected chi connectivity index (χ3v) is 3.42. The molecule has 5 heteroatoms. The lowest BCUT2D eigenvalue weighted by Crippen LogP contribution is -1.99. The molecule has 0 aromatic heterocycles. The molecule has 0 heterocycles. The quantitative estimate of drug-likeness (QED) is 0.604. The molecule has 88 valence electrons. The maximum atomic E-state index is 11.0. The van der Waals surface area contributed by atoms with Crippen molar-refractivity contribution in [2.45, 2.75) is 18.2 Å². The van der Waals surface area contributed by atoms with Gasteiger partial charge in [0.15, 0.2) is 0 Å². The van der Waals surface area contributed by atoms with Crippen LogP contribution in [0.25, 0.3) is 0 Å². The van der Waals surface area contributed by atoms with Crippen LogP contribution in [0, 0.1) is 0 Å². The van der Waals surface area contributed by atoms with Crippen molar-refractivity contribution in [3.8, 4) is 5.75 Å². The molecule has 0 spiro atoms. The Morgan fingerprint density at radius 2 is 1.94 bits per heavy atom. The minimum absolute atomic E-state index is 0.0656. The highest BCUT2D eigenvalue weighted by molar-refractivity contribution is 8.13. The van der Waals surface area contributed by atoms with Gasteiger partial charge >= 0.3 is 0 Å². The molecule has 0 radical (unpaired) electrons. The van der Waals surface area contributed by atoms with E-state index in [1.807, 2.05) is 6.92 Å². The zero-order chi connectivity index (χ0) is 12.2. The molecule has 1 rings (SSSR count). The summed E-state index contributed by atoms with van der Waals surface area (Å²) < 4.78 is 27.3. The van der Waals surface area contributed by atoms with Crippen LogP contribution in [0.2, 0.25) is 0 Å². The SMILES string of the molecule is C=C(CC)COc1ccc(S(=O)(=O)Cl)cc1. The minimum Gasteiger partial charge on any atom is -0.489 e. The van der Waals surface area contributed by atoms with E-state index in [-0.39, 0.29) is 4.90 Å². The Kier molecular flexibility index (Phi) is 4.38. The van der Waals surface area contributed by atoms with Gasteiger partial charge in [0.2, 0.25) is 0 Å². The van der Waals surface area contributed by atoms with E-state index in [0.29, 0.717) is 12.4 Å². The molecule has 3 nitrogen and oxygen atoms in total. The summed E-state index contributed by atoms with van der Waals surface area (Å²) in [4.78, 5) is 0.0656. The molecule has 0 aliphatic rings. The molecule has 0 amide bonds. The van der Waals surface area contributed by atoms with Gasteiger partial charge in [-0.15, -0.1) is 0 Å². The van der Waals surface area contributed by atoms with Crippen LogP contribution in [-0.4, -0.2) is 15.0 Å². The molecule has 0 saturated carbocycles. The fourth-order valence-electron chi connectivity index (χ4n) is 0.986. The molecule has 0 aliphatic carbocycles. The first-order chi connectivity index (χ1) is 7.43. The molecule has 1 aromatic rings. The Bertz CT molecular complexity index is 463. The normalized spacial score (nSPS) is 11.1. The van der Waals surface area contributed by atoms with Crippen LogP contribution in [-0.2, 0) is 9.05 Å². The lowest BCUT2D eigenvalue weighted by Gasteiger charge is -2.07. The maximum Gasteiger partial charge on any atom is 0.261 e. The van der Waals surface area contributed by atoms with Crippen molar-refractivity contribution in [1.29, 1.82) is 0 Å². The molecule has 0 unspecified atom stereocenters. The van der Waals surface area contributed by atoms with E-state index in [1.54, 1.807) is 12.1 Å². The second-order valence-electron chi connectivity index (χ2n) is 3.30. The largest absolute Gasteiger partial charge is 0.489 e. The van der Waals surface area contributed by atoms with Gasteiger partial charge in [-0.25, -0.2) is 8.42 Å². The number of rotatable bonds is 5. The van der Waals surface area contributed by atoms with Crippen molar-refractivity contribution in [1.82, 2.24) is 0 Å². The highest BCUT2D eigenvalue weighted by atomic mass is 35.7.